The Bertz CT molecular complexity index is 578. The summed E-state index contributed by atoms with van der Waals surface area (Å²) >= 11 is 1.19. The van der Waals surface area contributed by atoms with E-state index in [-0.39, 0.29) is 5.56 Å². The highest BCUT2D eigenvalue weighted by Gasteiger charge is 2.17. The van der Waals surface area contributed by atoms with Crippen LogP contribution in [-0.4, -0.2) is 15.4 Å². The van der Waals surface area contributed by atoms with Gasteiger partial charge in [-0.2, -0.15) is 4.37 Å². The molecule has 1 heterocycles. The Morgan fingerprint density at radius 2 is 2.11 bits per heavy atom. The zero-order chi connectivity index (χ0) is 13.1. The average molecular weight is 262 g/mol. The molecule has 0 spiro atoms. The molecule has 5 heteroatoms. The van der Waals surface area contributed by atoms with Gasteiger partial charge in [-0.05, 0) is 36.5 Å². The number of hydrogen-bond acceptors (Lipinski definition) is 4. The molecule has 0 saturated carbocycles. The van der Waals surface area contributed by atoms with E-state index in [2.05, 4.69) is 9.69 Å². The first-order valence-corrected chi connectivity index (χ1v) is 6.35. The predicted octanol–water partition coefficient (Wildman–Crippen LogP) is 3.07. The largest absolute Gasteiger partial charge is 0.478 e. The van der Waals surface area contributed by atoms with E-state index in [1.807, 2.05) is 31.2 Å². The number of nitrogens with one attached hydrogen (secondary N) is 1. The van der Waals surface area contributed by atoms with Crippen molar-refractivity contribution in [2.24, 2.45) is 0 Å². The minimum Gasteiger partial charge on any atom is -0.478 e. The average Bonchev–Trinajstić information content (AvgIpc) is 2.69. The van der Waals surface area contributed by atoms with E-state index in [1.54, 1.807) is 6.92 Å². The van der Waals surface area contributed by atoms with E-state index in [9.17, 15) is 4.79 Å². The number of anilines is 1. The van der Waals surface area contributed by atoms with Crippen LogP contribution in [0, 0.1) is 13.8 Å². The minimum absolute atomic E-state index is 0.272. The molecule has 0 aliphatic rings. The Hall–Kier alpha value is -1.88. The van der Waals surface area contributed by atoms with E-state index in [4.69, 9.17) is 5.11 Å². The number of nitrogens with zero attached hydrogens (tertiary/aromatic N) is 1. The molecule has 2 N–H and O–H groups in total. The Morgan fingerprint density at radius 1 is 1.39 bits per heavy atom. The molecule has 0 amide bonds. The van der Waals surface area contributed by atoms with E-state index in [0.717, 1.165) is 5.56 Å². The molecule has 0 atom stereocenters. The van der Waals surface area contributed by atoms with Gasteiger partial charge in [-0.25, -0.2) is 4.79 Å². The van der Waals surface area contributed by atoms with Crippen molar-refractivity contribution >= 4 is 22.5 Å². The van der Waals surface area contributed by atoms with Crippen molar-refractivity contribution in [3.8, 4) is 0 Å². The fourth-order valence-corrected chi connectivity index (χ4v) is 2.51. The second-order valence-electron chi connectivity index (χ2n) is 4.06. The van der Waals surface area contributed by atoms with Crippen LogP contribution in [0.5, 0.6) is 0 Å². The molecule has 0 aliphatic carbocycles. The fraction of sp³-hybridized carbons (Fsp3) is 0.231. The van der Waals surface area contributed by atoms with Crippen LogP contribution in [0.3, 0.4) is 0 Å². The maximum absolute atomic E-state index is 11.1. The normalized spacial score (nSPS) is 10.3. The van der Waals surface area contributed by atoms with E-state index in [0.29, 0.717) is 17.2 Å². The minimum atomic E-state index is -0.937. The van der Waals surface area contributed by atoms with Gasteiger partial charge in [0.05, 0.1) is 5.69 Å². The summed E-state index contributed by atoms with van der Waals surface area (Å²) < 4.78 is 4.07. The summed E-state index contributed by atoms with van der Waals surface area (Å²) in [5.74, 6) is -0.937. The van der Waals surface area contributed by atoms with Crippen LogP contribution in [0.2, 0.25) is 0 Å². The molecule has 4 nitrogen and oxygen atoms in total. The maximum atomic E-state index is 11.1. The Labute approximate surface area is 109 Å². The van der Waals surface area contributed by atoms with Gasteiger partial charge in [0.25, 0.3) is 0 Å². The lowest BCUT2D eigenvalue weighted by Crippen LogP contribution is -2.05. The molecule has 2 aromatic rings. The highest BCUT2D eigenvalue weighted by atomic mass is 32.1. The first-order valence-electron chi connectivity index (χ1n) is 5.57. The smallest absolute Gasteiger partial charge is 0.340 e. The molecule has 1 aromatic heterocycles. The van der Waals surface area contributed by atoms with Gasteiger partial charge in [-0.15, -0.1) is 0 Å². The third kappa shape index (κ3) is 2.51. The molecule has 0 fully saturated rings. The van der Waals surface area contributed by atoms with Crippen LogP contribution in [0.4, 0.5) is 5.00 Å². The van der Waals surface area contributed by atoms with Crippen LogP contribution in [0.15, 0.2) is 24.3 Å². The van der Waals surface area contributed by atoms with Crippen LogP contribution in [0.25, 0.3) is 0 Å². The van der Waals surface area contributed by atoms with Gasteiger partial charge < -0.3 is 10.4 Å². The molecule has 0 saturated heterocycles. The maximum Gasteiger partial charge on any atom is 0.340 e. The van der Waals surface area contributed by atoms with Crippen LogP contribution < -0.4 is 5.32 Å². The summed E-state index contributed by atoms with van der Waals surface area (Å²) in [6.07, 6.45) is 0. The number of carboxylic acid groups (broad SMARTS) is 1. The zero-order valence-corrected chi connectivity index (χ0v) is 11.0. The molecule has 1 aromatic carbocycles. The van der Waals surface area contributed by atoms with Crippen LogP contribution >= 0.6 is 11.5 Å². The Morgan fingerprint density at radius 3 is 2.78 bits per heavy atom. The molecule has 2 rings (SSSR count). The van der Waals surface area contributed by atoms with Crippen molar-refractivity contribution in [2.75, 3.05) is 5.32 Å². The summed E-state index contributed by atoms with van der Waals surface area (Å²) in [5.41, 5.74) is 3.16. The standard InChI is InChI=1S/C13H14N2O2S/c1-8-5-3-4-6-10(8)7-14-12-11(13(16)17)9(2)15-18-12/h3-6,14H,7H2,1-2H3,(H,16,17). The molecule has 0 bridgehead atoms. The molecule has 0 radical (unpaired) electrons. The third-order valence-electron chi connectivity index (χ3n) is 2.78. The van der Waals surface area contributed by atoms with Gasteiger partial charge >= 0.3 is 5.97 Å². The number of hydrogen-bond donors (Lipinski definition) is 2. The van der Waals surface area contributed by atoms with Gasteiger partial charge in [0, 0.05) is 6.54 Å². The Kier molecular flexibility index (Phi) is 3.62. The molecular formula is C13H14N2O2S. The summed E-state index contributed by atoms with van der Waals surface area (Å²) in [6.45, 7) is 4.35. The van der Waals surface area contributed by atoms with E-state index >= 15 is 0 Å². The van der Waals surface area contributed by atoms with E-state index in [1.165, 1.54) is 17.1 Å². The topological polar surface area (TPSA) is 62.2 Å². The van der Waals surface area contributed by atoms with Gasteiger partial charge in [-0.1, -0.05) is 24.3 Å². The van der Waals surface area contributed by atoms with Crippen molar-refractivity contribution in [1.29, 1.82) is 0 Å². The summed E-state index contributed by atoms with van der Waals surface area (Å²) in [6, 6.07) is 8.02. The number of rotatable bonds is 4. The summed E-state index contributed by atoms with van der Waals surface area (Å²) in [4.78, 5) is 11.1. The van der Waals surface area contributed by atoms with Gasteiger partial charge in [0.15, 0.2) is 0 Å². The van der Waals surface area contributed by atoms with Crippen molar-refractivity contribution < 1.29 is 9.90 Å². The van der Waals surface area contributed by atoms with Crippen molar-refractivity contribution in [1.82, 2.24) is 4.37 Å². The Balaban J connectivity index is 2.16. The van der Waals surface area contributed by atoms with Gasteiger partial charge in [0.1, 0.15) is 10.6 Å². The lowest BCUT2D eigenvalue weighted by atomic mass is 10.1. The summed E-state index contributed by atoms with van der Waals surface area (Å²) in [7, 11) is 0. The molecule has 0 unspecified atom stereocenters. The number of carbonyl (C=O) groups is 1. The lowest BCUT2D eigenvalue weighted by Gasteiger charge is -2.07. The zero-order valence-electron chi connectivity index (χ0n) is 10.2. The predicted molar refractivity (Wildman–Crippen MR) is 72.3 cm³/mol. The number of carboxylic acids is 1. The highest BCUT2D eigenvalue weighted by Crippen LogP contribution is 2.25. The van der Waals surface area contributed by atoms with Crippen molar-refractivity contribution in [2.45, 2.75) is 20.4 Å². The highest BCUT2D eigenvalue weighted by molar-refractivity contribution is 7.10. The molecule has 18 heavy (non-hydrogen) atoms. The first-order chi connectivity index (χ1) is 8.59. The molecule has 0 aliphatic heterocycles. The van der Waals surface area contributed by atoms with Crippen molar-refractivity contribution in [3.63, 3.8) is 0 Å². The second-order valence-corrected chi connectivity index (χ2v) is 4.83. The number of aromatic carboxylic acids is 1. The quantitative estimate of drug-likeness (QED) is 0.889. The third-order valence-corrected chi connectivity index (χ3v) is 3.67. The van der Waals surface area contributed by atoms with E-state index < -0.39 is 5.97 Å². The van der Waals surface area contributed by atoms with Gasteiger partial charge in [-0.3, -0.25) is 0 Å². The first kappa shape index (κ1) is 12.6. The second kappa shape index (κ2) is 5.18. The van der Waals surface area contributed by atoms with Crippen LogP contribution in [0.1, 0.15) is 27.2 Å². The number of benzene rings is 1. The van der Waals surface area contributed by atoms with Crippen LogP contribution in [-0.2, 0) is 6.54 Å². The fourth-order valence-electron chi connectivity index (χ4n) is 1.73. The van der Waals surface area contributed by atoms with Crippen molar-refractivity contribution in [3.05, 3.63) is 46.6 Å². The van der Waals surface area contributed by atoms with Gasteiger partial charge in [0.2, 0.25) is 0 Å². The SMILES string of the molecule is Cc1ccccc1CNc1snc(C)c1C(=O)O. The molecule has 94 valence electrons. The molecular weight excluding hydrogens is 248 g/mol. The lowest BCUT2D eigenvalue weighted by molar-refractivity contribution is 0.0697. The monoisotopic (exact) mass is 262 g/mol. The summed E-state index contributed by atoms with van der Waals surface area (Å²) in [5, 5.41) is 12.9. The number of aryl methyl sites for hydroxylation is 2. The number of aromatic nitrogens is 1.